The van der Waals surface area contributed by atoms with Gasteiger partial charge in [-0.2, -0.15) is 0 Å². The maximum Gasteiger partial charge on any atom is 0.242 e. The molecule has 3 aromatic rings. The molecule has 0 saturated heterocycles. The van der Waals surface area contributed by atoms with Gasteiger partial charge in [-0.3, -0.25) is 9.59 Å². The molecular formula is C24H29ClN4O2. The molecule has 2 amide bonds. The molecule has 0 spiro atoms. The van der Waals surface area contributed by atoms with Crippen LogP contribution >= 0.6 is 11.6 Å². The van der Waals surface area contributed by atoms with Crippen LogP contribution in [0.4, 0.5) is 0 Å². The maximum atomic E-state index is 12.7. The molecule has 3 rings (SSSR count). The van der Waals surface area contributed by atoms with E-state index in [4.69, 9.17) is 16.6 Å². The number of nitrogens with one attached hydrogen (secondary N) is 1. The molecule has 2 aromatic carbocycles. The summed E-state index contributed by atoms with van der Waals surface area (Å²) in [5, 5.41) is 3.60. The molecule has 1 N–H and O–H groups in total. The van der Waals surface area contributed by atoms with E-state index in [-0.39, 0.29) is 18.4 Å². The highest BCUT2D eigenvalue weighted by molar-refractivity contribution is 6.30. The molecule has 0 fully saturated rings. The van der Waals surface area contributed by atoms with Crippen LogP contribution in [-0.2, 0) is 29.0 Å². The zero-order valence-corrected chi connectivity index (χ0v) is 18.9. The summed E-state index contributed by atoms with van der Waals surface area (Å²) in [5.41, 5.74) is 2.70. The van der Waals surface area contributed by atoms with E-state index in [1.165, 1.54) is 0 Å². The second-order valence-corrected chi connectivity index (χ2v) is 8.11. The Hall–Kier alpha value is -2.86. The summed E-state index contributed by atoms with van der Waals surface area (Å²) >= 11 is 5.89. The minimum atomic E-state index is -0.0552. The lowest BCUT2D eigenvalue weighted by Crippen LogP contribution is -2.32. The van der Waals surface area contributed by atoms with Gasteiger partial charge in [-0.25, -0.2) is 4.98 Å². The predicted molar refractivity (Wildman–Crippen MR) is 124 cm³/mol. The normalized spacial score (nSPS) is 10.9. The number of unbranched alkanes of at least 4 members (excludes halogenated alkanes) is 1. The number of halogens is 1. The fraction of sp³-hybridized carbons (Fsp3) is 0.375. The van der Waals surface area contributed by atoms with Crippen molar-refractivity contribution in [3.63, 3.8) is 0 Å². The lowest BCUT2D eigenvalue weighted by atomic mass is 10.1. The first-order chi connectivity index (χ1) is 15.0. The lowest BCUT2D eigenvalue weighted by Gasteiger charge is -2.18. The maximum absolute atomic E-state index is 12.7. The van der Waals surface area contributed by atoms with Crippen molar-refractivity contribution in [1.82, 2.24) is 19.8 Å². The van der Waals surface area contributed by atoms with Gasteiger partial charge in [0.25, 0.3) is 0 Å². The van der Waals surface area contributed by atoms with Gasteiger partial charge in [-0.15, -0.1) is 0 Å². The highest BCUT2D eigenvalue weighted by atomic mass is 35.5. The molecule has 0 unspecified atom stereocenters. The average Bonchev–Trinajstić information content (AvgIpc) is 3.11. The smallest absolute Gasteiger partial charge is 0.242 e. The molecule has 0 radical (unpaired) electrons. The number of amides is 2. The number of para-hydroxylation sites is 2. The molecule has 0 aliphatic heterocycles. The number of rotatable bonds is 10. The van der Waals surface area contributed by atoms with Crippen LogP contribution in [0.5, 0.6) is 0 Å². The summed E-state index contributed by atoms with van der Waals surface area (Å²) < 4.78 is 1.96. The zero-order valence-electron chi connectivity index (χ0n) is 18.1. The van der Waals surface area contributed by atoms with Crippen molar-refractivity contribution in [1.29, 1.82) is 0 Å². The van der Waals surface area contributed by atoms with E-state index < -0.39 is 0 Å². The van der Waals surface area contributed by atoms with Crippen molar-refractivity contribution in [2.24, 2.45) is 0 Å². The number of nitrogens with zero attached hydrogens (tertiary/aromatic N) is 3. The minimum Gasteiger partial charge on any atom is -0.355 e. The van der Waals surface area contributed by atoms with E-state index in [0.29, 0.717) is 24.4 Å². The van der Waals surface area contributed by atoms with Crippen LogP contribution in [-0.4, -0.2) is 46.4 Å². The molecule has 1 heterocycles. The van der Waals surface area contributed by atoms with Crippen molar-refractivity contribution < 1.29 is 9.59 Å². The van der Waals surface area contributed by atoms with Gasteiger partial charge in [0.2, 0.25) is 11.8 Å². The summed E-state index contributed by atoms with van der Waals surface area (Å²) in [6.07, 6.45) is 2.88. The molecule has 0 atom stereocenters. The van der Waals surface area contributed by atoms with Crippen LogP contribution in [0.2, 0.25) is 5.02 Å². The standard InChI is InChI=1S/C24H29ClN4O2/c1-3-4-15-28(2)24(31)17-29-21-8-6-5-7-20(21)27-22(29)13-14-26-23(30)16-18-9-11-19(25)12-10-18/h5-12H,3-4,13-17H2,1-2H3,(H,26,30). The molecule has 6 nitrogen and oxygen atoms in total. The molecule has 7 heteroatoms. The molecule has 0 saturated carbocycles. The highest BCUT2D eigenvalue weighted by Gasteiger charge is 2.16. The van der Waals surface area contributed by atoms with Crippen molar-refractivity contribution in [3.05, 3.63) is 64.9 Å². The first-order valence-electron chi connectivity index (χ1n) is 10.7. The van der Waals surface area contributed by atoms with Crippen LogP contribution < -0.4 is 5.32 Å². The van der Waals surface area contributed by atoms with Crippen LogP contribution in [0.25, 0.3) is 11.0 Å². The summed E-state index contributed by atoms with van der Waals surface area (Å²) in [7, 11) is 1.84. The summed E-state index contributed by atoms with van der Waals surface area (Å²) in [5.74, 6) is 0.801. The number of aromatic nitrogens is 2. The molecule has 0 bridgehead atoms. The van der Waals surface area contributed by atoms with Gasteiger partial charge in [0, 0.05) is 31.6 Å². The zero-order chi connectivity index (χ0) is 22.2. The highest BCUT2D eigenvalue weighted by Crippen LogP contribution is 2.17. The number of hydrogen-bond acceptors (Lipinski definition) is 3. The molecule has 164 valence electrons. The summed E-state index contributed by atoms with van der Waals surface area (Å²) in [6.45, 7) is 3.56. The van der Waals surface area contributed by atoms with Crippen molar-refractivity contribution in [2.45, 2.75) is 39.2 Å². The quantitative estimate of drug-likeness (QED) is 0.520. The average molecular weight is 441 g/mol. The number of carbonyl (C=O) groups is 2. The van der Waals surface area contributed by atoms with E-state index in [1.54, 1.807) is 17.0 Å². The van der Waals surface area contributed by atoms with Crippen LogP contribution in [0.3, 0.4) is 0 Å². The van der Waals surface area contributed by atoms with Crippen LogP contribution in [0.1, 0.15) is 31.2 Å². The third kappa shape index (κ3) is 6.31. The Bertz CT molecular complexity index is 1030. The number of benzene rings is 2. The number of likely N-dealkylation sites (N-methyl/N-ethyl adjacent to an activating group) is 1. The van der Waals surface area contributed by atoms with Gasteiger partial charge in [0.15, 0.2) is 0 Å². The van der Waals surface area contributed by atoms with E-state index in [9.17, 15) is 9.59 Å². The molecule has 31 heavy (non-hydrogen) atoms. The topological polar surface area (TPSA) is 67.2 Å². The lowest BCUT2D eigenvalue weighted by molar-refractivity contribution is -0.130. The fourth-order valence-electron chi connectivity index (χ4n) is 3.43. The summed E-state index contributed by atoms with van der Waals surface area (Å²) in [4.78, 5) is 31.5. The largest absolute Gasteiger partial charge is 0.355 e. The Morgan fingerprint density at radius 1 is 1.13 bits per heavy atom. The van der Waals surface area contributed by atoms with Crippen LogP contribution in [0.15, 0.2) is 48.5 Å². The van der Waals surface area contributed by atoms with Gasteiger partial charge in [-0.05, 0) is 36.2 Å². The Morgan fingerprint density at radius 3 is 2.61 bits per heavy atom. The van der Waals surface area contributed by atoms with E-state index in [0.717, 1.165) is 41.8 Å². The molecular weight excluding hydrogens is 412 g/mol. The predicted octanol–water partition coefficient (Wildman–Crippen LogP) is 3.85. The van der Waals surface area contributed by atoms with Gasteiger partial charge < -0.3 is 14.8 Å². The van der Waals surface area contributed by atoms with Crippen molar-refractivity contribution >= 4 is 34.4 Å². The minimum absolute atomic E-state index is 0.0552. The Morgan fingerprint density at radius 2 is 1.87 bits per heavy atom. The SMILES string of the molecule is CCCCN(C)C(=O)Cn1c(CCNC(=O)Cc2ccc(Cl)cc2)nc2ccccc21. The van der Waals surface area contributed by atoms with Gasteiger partial charge in [0.1, 0.15) is 12.4 Å². The number of carbonyl (C=O) groups excluding carboxylic acids is 2. The number of fused-ring (bicyclic) bond motifs is 1. The van der Waals surface area contributed by atoms with Crippen molar-refractivity contribution in [2.75, 3.05) is 20.1 Å². The van der Waals surface area contributed by atoms with Gasteiger partial charge in [-0.1, -0.05) is 49.2 Å². The second-order valence-electron chi connectivity index (χ2n) is 7.67. The fourth-order valence-corrected chi connectivity index (χ4v) is 3.56. The molecule has 1 aromatic heterocycles. The number of imidazole rings is 1. The van der Waals surface area contributed by atoms with E-state index >= 15 is 0 Å². The molecule has 0 aliphatic carbocycles. The second kappa shape index (κ2) is 11.0. The van der Waals surface area contributed by atoms with Gasteiger partial charge >= 0.3 is 0 Å². The Kier molecular flexibility index (Phi) is 8.06. The number of hydrogen-bond donors (Lipinski definition) is 1. The monoisotopic (exact) mass is 440 g/mol. The Balaban J connectivity index is 1.64. The van der Waals surface area contributed by atoms with Gasteiger partial charge in [0.05, 0.1) is 17.5 Å². The Labute approximate surface area is 188 Å². The first kappa shape index (κ1) is 22.8. The third-order valence-electron chi connectivity index (χ3n) is 5.25. The van der Waals surface area contributed by atoms with Crippen molar-refractivity contribution in [3.8, 4) is 0 Å². The summed E-state index contributed by atoms with van der Waals surface area (Å²) in [6, 6.07) is 15.1. The third-order valence-corrected chi connectivity index (χ3v) is 5.50. The van der Waals surface area contributed by atoms with Crippen LogP contribution in [0, 0.1) is 0 Å². The van der Waals surface area contributed by atoms with E-state index in [1.807, 2.05) is 48.0 Å². The van der Waals surface area contributed by atoms with E-state index in [2.05, 4.69) is 12.2 Å². The first-order valence-corrected chi connectivity index (χ1v) is 11.0. The molecule has 0 aliphatic rings.